The smallest absolute Gasteiger partial charge is 0.155 e. The van der Waals surface area contributed by atoms with Gasteiger partial charge in [0.1, 0.15) is 23.7 Å². The van der Waals surface area contributed by atoms with Crippen molar-refractivity contribution in [2.45, 2.75) is 20.0 Å². The molecule has 0 aliphatic rings. The molecular weight excluding hydrogens is 465 g/mol. The van der Waals surface area contributed by atoms with E-state index in [9.17, 15) is 4.39 Å². The van der Waals surface area contributed by atoms with E-state index in [2.05, 4.69) is 32.5 Å². The number of nitrogens with one attached hydrogen (secondary N) is 2. The Balaban J connectivity index is 1.28. The van der Waals surface area contributed by atoms with Crippen LogP contribution in [0.5, 0.6) is 0 Å². The van der Waals surface area contributed by atoms with Crippen molar-refractivity contribution in [2.75, 3.05) is 0 Å². The fraction of sp³-hybridized carbons (Fsp3) is 0.103. The Morgan fingerprint density at radius 2 is 1.70 bits per heavy atom. The van der Waals surface area contributed by atoms with Crippen LogP contribution in [0.2, 0.25) is 0 Å². The first kappa shape index (κ1) is 22.8. The van der Waals surface area contributed by atoms with Crippen molar-refractivity contribution in [3.05, 3.63) is 114 Å². The molecular formula is C29H24FN7. The molecule has 6 rings (SSSR count). The lowest BCUT2D eigenvalue weighted by Crippen LogP contribution is -2.14. The van der Waals surface area contributed by atoms with Gasteiger partial charge < -0.3 is 10.3 Å². The standard InChI is InChI=1S/C29H24FN7/c1-19-5-4-8-25(34-19)29-28(22-11-14-27-32-18-33-37(27)17-22)35-26(36-29)16-31-15-21-6-2-3-7-24(21)20-9-12-23(30)13-10-20/h2-14,17-18,31H,15-16H2,1H3,(H,35,36). The highest BCUT2D eigenvalue weighted by molar-refractivity contribution is 5.77. The predicted molar refractivity (Wildman–Crippen MR) is 141 cm³/mol. The van der Waals surface area contributed by atoms with Crippen LogP contribution in [0, 0.1) is 12.7 Å². The third-order valence-electron chi connectivity index (χ3n) is 6.23. The molecule has 0 spiro atoms. The molecule has 0 radical (unpaired) electrons. The zero-order chi connectivity index (χ0) is 25.2. The maximum Gasteiger partial charge on any atom is 0.155 e. The first-order valence-electron chi connectivity index (χ1n) is 12.0. The molecule has 0 aliphatic carbocycles. The lowest BCUT2D eigenvalue weighted by molar-refractivity contribution is 0.628. The van der Waals surface area contributed by atoms with Crippen molar-refractivity contribution in [3.63, 3.8) is 0 Å². The van der Waals surface area contributed by atoms with Gasteiger partial charge >= 0.3 is 0 Å². The van der Waals surface area contributed by atoms with Crippen molar-refractivity contribution in [1.82, 2.24) is 34.9 Å². The molecule has 0 saturated carbocycles. The molecule has 0 bridgehead atoms. The molecule has 4 aromatic heterocycles. The lowest BCUT2D eigenvalue weighted by atomic mass is 10.00. The van der Waals surface area contributed by atoms with Crippen LogP contribution < -0.4 is 5.32 Å². The van der Waals surface area contributed by atoms with Crippen molar-refractivity contribution < 1.29 is 4.39 Å². The number of aryl methyl sites for hydroxylation is 1. The minimum absolute atomic E-state index is 0.241. The fourth-order valence-electron chi connectivity index (χ4n) is 4.44. The zero-order valence-electron chi connectivity index (χ0n) is 20.2. The second kappa shape index (κ2) is 9.75. The Kier molecular flexibility index (Phi) is 6.00. The number of hydrogen-bond acceptors (Lipinski definition) is 5. The number of rotatable bonds is 7. The molecule has 0 atom stereocenters. The van der Waals surface area contributed by atoms with E-state index in [0.29, 0.717) is 13.1 Å². The fourth-order valence-corrected chi connectivity index (χ4v) is 4.44. The summed E-state index contributed by atoms with van der Waals surface area (Å²) < 4.78 is 15.2. The summed E-state index contributed by atoms with van der Waals surface area (Å²) >= 11 is 0. The van der Waals surface area contributed by atoms with Gasteiger partial charge in [0.2, 0.25) is 0 Å². The third kappa shape index (κ3) is 4.74. The van der Waals surface area contributed by atoms with Crippen LogP contribution in [0.25, 0.3) is 39.4 Å². The van der Waals surface area contributed by atoms with Gasteiger partial charge in [-0.25, -0.2) is 18.9 Å². The van der Waals surface area contributed by atoms with E-state index in [-0.39, 0.29) is 5.82 Å². The highest BCUT2D eigenvalue weighted by Crippen LogP contribution is 2.30. The summed E-state index contributed by atoms with van der Waals surface area (Å²) in [5, 5.41) is 7.78. The number of H-pyrrole nitrogens is 1. The Morgan fingerprint density at radius 3 is 2.57 bits per heavy atom. The molecule has 0 amide bonds. The first-order chi connectivity index (χ1) is 18.1. The Hall–Kier alpha value is -4.69. The SMILES string of the molecule is Cc1cccc(-c2nc(CNCc3ccccc3-c3ccc(F)cc3)[nH]c2-c2ccc3ncnn3c2)n1. The normalized spacial score (nSPS) is 11.3. The van der Waals surface area contributed by atoms with E-state index in [1.165, 1.54) is 18.5 Å². The Labute approximate surface area is 213 Å². The summed E-state index contributed by atoms with van der Waals surface area (Å²) in [6, 6.07) is 24.6. The van der Waals surface area contributed by atoms with E-state index >= 15 is 0 Å². The quantitative estimate of drug-likeness (QED) is 0.306. The summed E-state index contributed by atoms with van der Waals surface area (Å²) in [4.78, 5) is 17.4. The van der Waals surface area contributed by atoms with Gasteiger partial charge in [-0.05, 0) is 60.0 Å². The highest BCUT2D eigenvalue weighted by atomic mass is 19.1. The van der Waals surface area contributed by atoms with Crippen LogP contribution in [0.3, 0.4) is 0 Å². The summed E-state index contributed by atoms with van der Waals surface area (Å²) in [5.41, 5.74) is 8.28. The molecule has 4 heterocycles. The molecule has 0 unspecified atom stereocenters. The zero-order valence-corrected chi connectivity index (χ0v) is 20.2. The largest absolute Gasteiger partial charge is 0.340 e. The summed E-state index contributed by atoms with van der Waals surface area (Å²) in [7, 11) is 0. The van der Waals surface area contributed by atoms with E-state index < -0.39 is 0 Å². The number of hydrogen-bond donors (Lipinski definition) is 2. The average molecular weight is 490 g/mol. The van der Waals surface area contributed by atoms with Crippen LogP contribution in [0.15, 0.2) is 91.4 Å². The van der Waals surface area contributed by atoms with Gasteiger partial charge in [-0.1, -0.05) is 42.5 Å². The number of fused-ring (bicyclic) bond motifs is 1. The van der Waals surface area contributed by atoms with Gasteiger partial charge in [-0.15, -0.1) is 0 Å². The molecule has 0 saturated heterocycles. The molecule has 7 nitrogen and oxygen atoms in total. The first-order valence-corrected chi connectivity index (χ1v) is 12.0. The number of imidazole rings is 1. The number of pyridine rings is 2. The van der Waals surface area contributed by atoms with Crippen molar-refractivity contribution in [1.29, 1.82) is 0 Å². The second-order valence-electron chi connectivity index (χ2n) is 8.82. The number of halogens is 1. The van der Waals surface area contributed by atoms with Gasteiger partial charge in [0.25, 0.3) is 0 Å². The highest BCUT2D eigenvalue weighted by Gasteiger charge is 2.16. The number of nitrogens with zero attached hydrogens (tertiary/aromatic N) is 5. The average Bonchev–Trinajstić information content (AvgIpc) is 3.56. The summed E-state index contributed by atoms with van der Waals surface area (Å²) in [6.07, 6.45) is 3.47. The molecule has 2 N–H and O–H groups in total. The van der Waals surface area contributed by atoms with Gasteiger partial charge in [0, 0.05) is 24.0 Å². The molecule has 0 aliphatic heterocycles. The van der Waals surface area contributed by atoms with Gasteiger partial charge in [-0.3, -0.25) is 4.98 Å². The number of aromatic amines is 1. The minimum Gasteiger partial charge on any atom is -0.340 e. The number of aromatic nitrogens is 6. The van der Waals surface area contributed by atoms with E-state index in [1.54, 1.807) is 16.6 Å². The lowest BCUT2D eigenvalue weighted by Gasteiger charge is -2.10. The van der Waals surface area contributed by atoms with Gasteiger partial charge in [-0.2, -0.15) is 5.10 Å². The summed E-state index contributed by atoms with van der Waals surface area (Å²) in [6.45, 7) is 3.13. The third-order valence-corrected chi connectivity index (χ3v) is 6.23. The molecule has 8 heteroatoms. The Morgan fingerprint density at radius 1 is 0.865 bits per heavy atom. The topological polar surface area (TPSA) is 83.8 Å². The second-order valence-corrected chi connectivity index (χ2v) is 8.82. The molecule has 2 aromatic carbocycles. The predicted octanol–water partition coefficient (Wildman–Crippen LogP) is 5.59. The van der Waals surface area contributed by atoms with Crippen molar-refractivity contribution >= 4 is 5.65 Å². The van der Waals surface area contributed by atoms with Gasteiger partial charge in [0.05, 0.1) is 17.9 Å². The molecule has 0 fully saturated rings. The molecule has 37 heavy (non-hydrogen) atoms. The Bertz CT molecular complexity index is 1680. The minimum atomic E-state index is -0.241. The summed E-state index contributed by atoms with van der Waals surface area (Å²) in [5.74, 6) is 0.557. The number of benzene rings is 2. The maximum atomic E-state index is 13.4. The van der Waals surface area contributed by atoms with Crippen LogP contribution >= 0.6 is 0 Å². The van der Waals surface area contributed by atoms with E-state index in [1.807, 2.05) is 55.6 Å². The van der Waals surface area contributed by atoms with Crippen molar-refractivity contribution in [3.8, 4) is 33.8 Å². The van der Waals surface area contributed by atoms with E-state index in [4.69, 9.17) is 9.97 Å². The van der Waals surface area contributed by atoms with Gasteiger partial charge in [0.15, 0.2) is 5.65 Å². The van der Waals surface area contributed by atoms with Crippen LogP contribution in [-0.4, -0.2) is 29.5 Å². The van der Waals surface area contributed by atoms with Crippen LogP contribution in [0.1, 0.15) is 17.1 Å². The maximum absolute atomic E-state index is 13.4. The van der Waals surface area contributed by atoms with E-state index in [0.717, 1.165) is 56.5 Å². The molecule has 182 valence electrons. The van der Waals surface area contributed by atoms with Crippen molar-refractivity contribution in [2.24, 2.45) is 0 Å². The molecule has 6 aromatic rings. The van der Waals surface area contributed by atoms with Crippen LogP contribution in [-0.2, 0) is 13.1 Å². The monoisotopic (exact) mass is 489 g/mol. The van der Waals surface area contributed by atoms with Crippen LogP contribution in [0.4, 0.5) is 4.39 Å².